The number of methoxy groups -OCH3 is 3. The van der Waals surface area contributed by atoms with Crippen LogP contribution in [0.3, 0.4) is 0 Å². The van der Waals surface area contributed by atoms with Crippen LogP contribution in [0.15, 0.2) is 66.2 Å². The van der Waals surface area contributed by atoms with E-state index in [2.05, 4.69) is 0 Å². The molecule has 7 nitrogen and oxygen atoms in total. The van der Waals surface area contributed by atoms with Crippen LogP contribution in [-0.2, 0) is 9.59 Å². The van der Waals surface area contributed by atoms with Crippen molar-refractivity contribution >= 4 is 23.1 Å². The lowest BCUT2D eigenvalue weighted by atomic mass is 9.94. The third kappa shape index (κ3) is 4.21. The molecule has 1 aliphatic rings. The van der Waals surface area contributed by atoms with Gasteiger partial charge in [0.2, 0.25) is 0 Å². The van der Waals surface area contributed by atoms with E-state index < -0.39 is 17.7 Å². The van der Waals surface area contributed by atoms with Crippen molar-refractivity contribution in [2.75, 3.05) is 26.2 Å². The Kier molecular flexibility index (Phi) is 6.51. The van der Waals surface area contributed by atoms with Gasteiger partial charge >= 0.3 is 0 Å². The average Bonchev–Trinajstić information content (AvgIpc) is 3.14. The van der Waals surface area contributed by atoms with E-state index in [-0.39, 0.29) is 16.9 Å². The molecule has 4 rings (SSSR count). The van der Waals surface area contributed by atoms with E-state index >= 15 is 0 Å². The van der Waals surface area contributed by atoms with Crippen molar-refractivity contribution in [1.29, 1.82) is 0 Å². The summed E-state index contributed by atoms with van der Waals surface area (Å²) in [6, 6.07) is 16.8. The van der Waals surface area contributed by atoms with Gasteiger partial charge in [-0.05, 0) is 60.9 Å². The first-order valence-corrected chi connectivity index (χ1v) is 11.0. The molecule has 0 aromatic heterocycles. The molecule has 1 atom stereocenters. The first kappa shape index (κ1) is 23.9. The number of anilines is 1. The molecular formula is C28H27NO6. The molecule has 1 fully saturated rings. The zero-order valence-corrected chi connectivity index (χ0v) is 20.3. The van der Waals surface area contributed by atoms with Gasteiger partial charge in [0.15, 0.2) is 0 Å². The summed E-state index contributed by atoms with van der Waals surface area (Å²) in [5.41, 5.74) is 3.23. The fourth-order valence-electron chi connectivity index (χ4n) is 4.33. The normalized spacial score (nSPS) is 16.9. The fourth-order valence-corrected chi connectivity index (χ4v) is 4.33. The van der Waals surface area contributed by atoms with Crippen molar-refractivity contribution < 1.29 is 28.9 Å². The number of hydrogen-bond donors (Lipinski definition) is 1. The Morgan fingerprint density at radius 2 is 1.57 bits per heavy atom. The second-order valence-electron chi connectivity index (χ2n) is 8.30. The van der Waals surface area contributed by atoms with E-state index in [0.717, 1.165) is 11.1 Å². The molecule has 1 aliphatic heterocycles. The van der Waals surface area contributed by atoms with E-state index in [0.29, 0.717) is 28.5 Å². The summed E-state index contributed by atoms with van der Waals surface area (Å²) < 4.78 is 16.1. The molecule has 0 radical (unpaired) electrons. The summed E-state index contributed by atoms with van der Waals surface area (Å²) >= 11 is 0. The highest BCUT2D eigenvalue weighted by Gasteiger charge is 2.47. The minimum atomic E-state index is -0.877. The maximum absolute atomic E-state index is 13.5. The number of carbonyl (C=O) groups excluding carboxylic acids is 2. The number of amides is 1. The lowest BCUT2D eigenvalue weighted by Crippen LogP contribution is -2.30. The van der Waals surface area contributed by atoms with E-state index in [1.807, 2.05) is 32.0 Å². The minimum Gasteiger partial charge on any atom is -0.507 e. The molecule has 0 aliphatic carbocycles. The highest BCUT2D eigenvalue weighted by molar-refractivity contribution is 6.51. The Bertz CT molecular complexity index is 1340. The van der Waals surface area contributed by atoms with Gasteiger partial charge in [-0.3, -0.25) is 14.5 Å². The maximum atomic E-state index is 13.5. The van der Waals surface area contributed by atoms with Crippen LogP contribution in [0.2, 0.25) is 0 Å². The Labute approximate surface area is 204 Å². The molecule has 0 spiro atoms. The number of ketones is 1. The van der Waals surface area contributed by atoms with Gasteiger partial charge in [-0.25, -0.2) is 0 Å². The van der Waals surface area contributed by atoms with Crippen LogP contribution in [0.4, 0.5) is 5.69 Å². The quantitative estimate of drug-likeness (QED) is 0.310. The van der Waals surface area contributed by atoms with Crippen LogP contribution in [-0.4, -0.2) is 38.1 Å². The number of Topliss-reactive ketones (excluding diaryl/α,β-unsaturated/α-hetero) is 1. The number of aryl methyl sites for hydroxylation is 2. The highest BCUT2D eigenvalue weighted by Crippen LogP contribution is 2.45. The molecule has 1 heterocycles. The van der Waals surface area contributed by atoms with E-state index in [1.54, 1.807) is 49.6 Å². The SMILES string of the molecule is COc1cccc(C2/C(=C(/O)c3ccc(OC)cc3OC)C(=O)C(=O)N2c2cc(C)ccc2C)c1. The predicted molar refractivity (Wildman–Crippen MR) is 133 cm³/mol. The summed E-state index contributed by atoms with van der Waals surface area (Å²) in [6.45, 7) is 3.80. The Hall–Kier alpha value is -4.26. The van der Waals surface area contributed by atoms with Gasteiger partial charge < -0.3 is 19.3 Å². The molecule has 0 bridgehead atoms. The van der Waals surface area contributed by atoms with Crippen LogP contribution in [0.25, 0.3) is 5.76 Å². The molecule has 1 saturated heterocycles. The summed E-state index contributed by atoms with van der Waals surface area (Å²) in [7, 11) is 4.52. The highest BCUT2D eigenvalue weighted by atomic mass is 16.5. The van der Waals surface area contributed by atoms with Crippen molar-refractivity contribution in [2.45, 2.75) is 19.9 Å². The first-order chi connectivity index (χ1) is 16.8. The van der Waals surface area contributed by atoms with Gasteiger partial charge in [-0.1, -0.05) is 24.3 Å². The van der Waals surface area contributed by atoms with Crippen molar-refractivity contribution in [1.82, 2.24) is 0 Å². The topological polar surface area (TPSA) is 85.3 Å². The molecule has 3 aromatic carbocycles. The number of hydrogen-bond acceptors (Lipinski definition) is 6. The molecular weight excluding hydrogens is 446 g/mol. The molecule has 180 valence electrons. The van der Waals surface area contributed by atoms with Crippen LogP contribution >= 0.6 is 0 Å². The third-order valence-corrected chi connectivity index (χ3v) is 6.14. The zero-order chi connectivity index (χ0) is 25.3. The fraction of sp³-hybridized carbons (Fsp3) is 0.214. The number of benzene rings is 3. The molecule has 0 saturated carbocycles. The number of carbonyl (C=O) groups is 2. The van der Waals surface area contributed by atoms with Gasteiger partial charge in [0.05, 0.1) is 38.5 Å². The third-order valence-electron chi connectivity index (χ3n) is 6.14. The van der Waals surface area contributed by atoms with Crippen molar-refractivity contribution in [3.05, 3.63) is 88.5 Å². The van der Waals surface area contributed by atoms with Crippen LogP contribution in [0.1, 0.15) is 28.3 Å². The molecule has 1 amide bonds. The van der Waals surface area contributed by atoms with Gasteiger partial charge in [-0.15, -0.1) is 0 Å². The number of ether oxygens (including phenoxy) is 3. The molecule has 35 heavy (non-hydrogen) atoms. The Morgan fingerprint density at radius 1 is 0.857 bits per heavy atom. The summed E-state index contributed by atoms with van der Waals surface area (Å²) in [5, 5.41) is 11.5. The van der Waals surface area contributed by atoms with Crippen LogP contribution < -0.4 is 19.1 Å². The molecule has 1 N–H and O–H groups in total. The number of nitrogens with zero attached hydrogens (tertiary/aromatic N) is 1. The zero-order valence-electron chi connectivity index (χ0n) is 20.3. The lowest BCUT2D eigenvalue weighted by molar-refractivity contribution is -0.132. The van der Waals surface area contributed by atoms with E-state index in [4.69, 9.17) is 14.2 Å². The standard InChI is InChI=1S/C28H27NO6/c1-16-9-10-17(2)22(13-16)29-25(18-7-6-8-19(14-18)33-3)24(27(31)28(29)32)26(30)21-12-11-20(34-4)15-23(21)35-5/h6-15,25,30H,1-5H3/b26-24-. The summed E-state index contributed by atoms with van der Waals surface area (Å²) in [6.07, 6.45) is 0. The van der Waals surface area contributed by atoms with Crippen molar-refractivity contribution in [3.8, 4) is 17.2 Å². The van der Waals surface area contributed by atoms with Crippen LogP contribution in [0.5, 0.6) is 17.2 Å². The number of aliphatic hydroxyl groups excluding tert-OH is 1. The number of rotatable bonds is 6. The maximum Gasteiger partial charge on any atom is 0.300 e. The van der Waals surface area contributed by atoms with Gasteiger partial charge in [0, 0.05) is 11.8 Å². The molecule has 3 aromatic rings. The van der Waals surface area contributed by atoms with Crippen molar-refractivity contribution in [2.24, 2.45) is 0 Å². The van der Waals surface area contributed by atoms with Gasteiger partial charge in [0.1, 0.15) is 23.0 Å². The van der Waals surface area contributed by atoms with Gasteiger partial charge in [-0.2, -0.15) is 0 Å². The average molecular weight is 474 g/mol. The minimum absolute atomic E-state index is 0.0346. The second-order valence-corrected chi connectivity index (χ2v) is 8.30. The lowest BCUT2D eigenvalue weighted by Gasteiger charge is -2.27. The van der Waals surface area contributed by atoms with Crippen LogP contribution in [0, 0.1) is 13.8 Å². The summed E-state index contributed by atoms with van der Waals surface area (Å²) in [5.74, 6) is -0.433. The van der Waals surface area contributed by atoms with Crippen molar-refractivity contribution in [3.63, 3.8) is 0 Å². The first-order valence-electron chi connectivity index (χ1n) is 11.0. The van der Waals surface area contributed by atoms with E-state index in [1.165, 1.54) is 19.1 Å². The largest absolute Gasteiger partial charge is 0.507 e. The smallest absolute Gasteiger partial charge is 0.300 e. The second kappa shape index (κ2) is 9.54. The molecule has 7 heteroatoms. The Morgan fingerprint density at radius 3 is 2.26 bits per heavy atom. The number of aliphatic hydroxyl groups is 1. The summed E-state index contributed by atoms with van der Waals surface area (Å²) in [4.78, 5) is 28.4. The van der Waals surface area contributed by atoms with Gasteiger partial charge in [0.25, 0.3) is 11.7 Å². The Balaban J connectivity index is 2.01. The van der Waals surface area contributed by atoms with E-state index in [9.17, 15) is 14.7 Å². The molecule has 1 unspecified atom stereocenters. The predicted octanol–water partition coefficient (Wildman–Crippen LogP) is 4.96. The monoisotopic (exact) mass is 473 g/mol.